The van der Waals surface area contributed by atoms with Gasteiger partial charge < -0.3 is 0 Å². The van der Waals surface area contributed by atoms with E-state index in [1.165, 1.54) is 21.4 Å². The van der Waals surface area contributed by atoms with E-state index in [1.807, 2.05) is 16.8 Å². The molecule has 0 saturated heterocycles. The summed E-state index contributed by atoms with van der Waals surface area (Å²) < 4.78 is 0. The molecule has 0 atom stereocenters. The maximum Gasteiger partial charge on any atom is 0.0957 e. The summed E-state index contributed by atoms with van der Waals surface area (Å²) >= 11 is 1.83. The number of rotatable bonds is 1. The van der Waals surface area contributed by atoms with Gasteiger partial charge in [0.2, 0.25) is 0 Å². The van der Waals surface area contributed by atoms with Crippen LogP contribution in [-0.4, -0.2) is 13.0 Å². The Kier molecular flexibility index (Phi) is 2.08. The van der Waals surface area contributed by atoms with Crippen LogP contribution in [0.4, 0.5) is 5.69 Å². The van der Waals surface area contributed by atoms with Crippen molar-refractivity contribution >= 4 is 28.2 Å². The number of hydrogen-bond acceptors (Lipinski definition) is 3. The van der Waals surface area contributed by atoms with Crippen LogP contribution in [0.3, 0.4) is 0 Å². The summed E-state index contributed by atoms with van der Waals surface area (Å²) in [6, 6.07) is 12.7. The second kappa shape index (κ2) is 3.43. The number of fused-ring (bicyclic) bond motifs is 3. The molecule has 0 fully saturated rings. The number of benzene rings is 2. The van der Waals surface area contributed by atoms with Crippen LogP contribution in [0.2, 0.25) is 0 Å². The first-order valence-electron chi connectivity index (χ1n) is 4.86. The van der Waals surface area contributed by atoms with Crippen molar-refractivity contribution < 1.29 is 4.84 Å². The van der Waals surface area contributed by atoms with Gasteiger partial charge >= 0.3 is 0 Å². The minimum atomic E-state index is 0.875. The predicted octanol–water partition coefficient (Wildman–Crippen LogP) is 3.27. The molecule has 15 heavy (non-hydrogen) atoms. The third-order valence-electron chi connectivity index (χ3n) is 2.67. The predicted molar refractivity (Wildman–Crippen MR) is 64.2 cm³/mol. The van der Waals surface area contributed by atoms with Crippen LogP contribution in [-0.2, 0) is 4.84 Å². The normalized spacial score (nSPS) is 14.6. The first kappa shape index (κ1) is 9.07. The molecule has 0 bridgehead atoms. The summed E-state index contributed by atoms with van der Waals surface area (Å²) in [7, 11) is 1.71. The molecule has 0 saturated carbocycles. The van der Waals surface area contributed by atoms with Gasteiger partial charge in [0, 0.05) is 4.90 Å². The van der Waals surface area contributed by atoms with Gasteiger partial charge in [0.05, 0.1) is 18.7 Å². The average Bonchev–Trinajstić information content (AvgIpc) is 2.72. The molecule has 76 valence electrons. The van der Waals surface area contributed by atoms with Gasteiger partial charge in [-0.2, -0.15) is 0 Å². The molecule has 0 aliphatic carbocycles. The van der Waals surface area contributed by atoms with Crippen molar-refractivity contribution in [1.29, 1.82) is 0 Å². The number of nitrogens with zero attached hydrogens (tertiary/aromatic N) is 1. The Morgan fingerprint density at radius 1 is 1.20 bits per heavy atom. The molecule has 0 aromatic heterocycles. The zero-order valence-corrected chi connectivity index (χ0v) is 9.25. The average molecular weight is 217 g/mol. The minimum Gasteiger partial charge on any atom is -0.276 e. The topological polar surface area (TPSA) is 12.5 Å². The van der Waals surface area contributed by atoms with E-state index < -0.39 is 0 Å². The maximum absolute atomic E-state index is 5.30. The molecule has 0 N–H and O–H groups in total. The van der Waals surface area contributed by atoms with Crippen LogP contribution >= 0.6 is 11.8 Å². The van der Waals surface area contributed by atoms with Gasteiger partial charge in [0.1, 0.15) is 0 Å². The molecule has 0 spiro atoms. The first-order chi connectivity index (χ1) is 7.40. The molecule has 0 unspecified atom stereocenters. The highest BCUT2D eigenvalue weighted by Gasteiger charge is 2.21. The van der Waals surface area contributed by atoms with Crippen LogP contribution in [0, 0.1) is 0 Å². The lowest BCUT2D eigenvalue weighted by Crippen LogP contribution is -2.16. The molecule has 1 aliphatic rings. The van der Waals surface area contributed by atoms with Gasteiger partial charge in [-0.05, 0) is 16.8 Å². The zero-order valence-electron chi connectivity index (χ0n) is 8.43. The Morgan fingerprint density at radius 3 is 2.93 bits per heavy atom. The monoisotopic (exact) mass is 217 g/mol. The van der Waals surface area contributed by atoms with Crippen molar-refractivity contribution in [3.63, 3.8) is 0 Å². The van der Waals surface area contributed by atoms with Gasteiger partial charge in [0.15, 0.2) is 0 Å². The summed E-state index contributed by atoms with van der Waals surface area (Å²) in [6.07, 6.45) is 0. The maximum atomic E-state index is 5.30. The van der Waals surface area contributed by atoms with E-state index >= 15 is 0 Å². The van der Waals surface area contributed by atoms with E-state index in [0.717, 1.165) is 5.88 Å². The molecule has 2 nitrogen and oxygen atoms in total. The molecule has 1 aliphatic heterocycles. The Balaban J connectivity index is 2.28. The quantitative estimate of drug-likeness (QED) is 0.727. The Morgan fingerprint density at radius 2 is 2.07 bits per heavy atom. The van der Waals surface area contributed by atoms with Gasteiger partial charge in [-0.15, -0.1) is 0 Å². The van der Waals surface area contributed by atoms with E-state index in [1.54, 1.807) is 7.11 Å². The molecule has 2 aromatic rings. The van der Waals surface area contributed by atoms with Crippen LogP contribution < -0.4 is 5.06 Å². The van der Waals surface area contributed by atoms with Crippen molar-refractivity contribution in [1.82, 2.24) is 0 Å². The largest absolute Gasteiger partial charge is 0.276 e. The summed E-state index contributed by atoms with van der Waals surface area (Å²) in [4.78, 5) is 6.63. The van der Waals surface area contributed by atoms with Crippen LogP contribution in [0.25, 0.3) is 10.8 Å². The molecular formula is C12H11NOS. The SMILES string of the molecule is CON1CSc2c1ccc1ccccc21. The Hall–Kier alpha value is -1.19. The molecule has 3 rings (SSSR count). The van der Waals surface area contributed by atoms with E-state index in [-0.39, 0.29) is 0 Å². The van der Waals surface area contributed by atoms with Crippen LogP contribution in [0.15, 0.2) is 41.3 Å². The van der Waals surface area contributed by atoms with E-state index in [4.69, 9.17) is 4.84 Å². The fraction of sp³-hybridized carbons (Fsp3) is 0.167. The number of hydrogen-bond donors (Lipinski definition) is 0. The molecule has 2 aromatic carbocycles. The molecular weight excluding hydrogens is 206 g/mol. The standard InChI is InChI=1S/C12H11NOS/c1-14-13-8-15-12-10-5-3-2-4-9(10)6-7-11(12)13/h2-7H,8H2,1H3. The lowest BCUT2D eigenvalue weighted by molar-refractivity contribution is 0.181. The fourth-order valence-corrected chi connectivity index (χ4v) is 3.07. The highest BCUT2D eigenvalue weighted by Crippen LogP contribution is 2.42. The van der Waals surface area contributed by atoms with E-state index in [9.17, 15) is 0 Å². The summed E-state index contributed by atoms with van der Waals surface area (Å²) in [5, 5.41) is 4.54. The van der Waals surface area contributed by atoms with Crippen LogP contribution in [0.1, 0.15) is 0 Å². The van der Waals surface area contributed by atoms with Gasteiger partial charge in [-0.1, -0.05) is 42.1 Å². The lowest BCUT2D eigenvalue weighted by atomic mass is 10.1. The molecule has 3 heteroatoms. The van der Waals surface area contributed by atoms with Crippen molar-refractivity contribution in [2.24, 2.45) is 0 Å². The van der Waals surface area contributed by atoms with Gasteiger partial charge in [0.25, 0.3) is 0 Å². The van der Waals surface area contributed by atoms with Gasteiger partial charge in [-0.3, -0.25) is 4.84 Å². The number of anilines is 1. The van der Waals surface area contributed by atoms with E-state index in [0.29, 0.717) is 0 Å². The third-order valence-corrected chi connectivity index (χ3v) is 3.76. The summed E-state index contributed by atoms with van der Waals surface area (Å²) in [6.45, 7) is 0. The van der Waals surface area contributed by atoms with Crippen molar-refractivity contribution in [3.05, 3.63) is 36.4 Å². The molecule has 1 heterocycles. The zero-order chi connectivity index (χ0) is 10.3. The smallest absolute Gasteiger partial charge is 0.0957 e. The van der Waals surface area contributed by atoms with E-state index in [2.05, 4.69) is 36.4 Å². The Bertz CT molecular complexity index is 512. The molecule has 0 radical (unpaired) electrons. The highest BCUT2D eigenvalue weighted by atomic mass is 32.2. The first-order valence-corrected chi connectivity index (χ1v) is 5.85. The number of hydroxylamine groups is 1. The van der Waals surface area contributed by atoms with Gasteiger partial charge in [-0.25, -0.2) is 5.06 Å². The second-order valence-corrected chi connectivity index (χ2v) is 4.42. The third kappa shape index (κ3) is 1.31. The fourth-order valence-electron chi connectivity index (χ4n) is 1.92. The lowest BCUT2D eigenvalue weighted by Gasteiger charge is -2.14. The molecule has 0 amide bonds. The summed E-state index contributed by atoms with van der Waals surface area (Å²) in [5.41, 5.74) is 1.18. The second-order valence-electron chi connectivity index (χ2n) is 3.47. The van der Waals surface area contributed by atoms with Crippen molar-refractivity contribution in [3.8, 4) is 0 Å². The summed E-state index contributed by atoms with van der Waals surface area (Å²) in [5.74, 6) is 0.875. The van der Waals surface area contributed by atoms with Crippen molar-refractivity contribution in [2.75, 3.05) is 18.0 Å². The highest BCUT2D eigenvalue weighted by molar-refractivity contribution is 8.00. The van der Waals surface area contributed by atoms with Crippen LogP contribution in [0.5, 0.6) is 0 Å². The Labute approximate surface area is 92.8 Å². The minimum absolute atomic E-state index is 0.875. The number of thioether (sulfide) groups is 1. The van der Waals surface area contributed by atoms with Crippen molar-refractivity contribution in [2.45, 2.75) is 4.90 Å².